The van der Waals surface area contributed by atoms with E-state index in [0.717, 1.165) is 0 Å². The van der Waals surface area contributed by atoms with Crippen molar-refractivity contribution in [3.63, 3.8) is 0 Å². The van der Waals surface area contributed by atoms with Crippen molar-refractivity contribution in [1.29, 1.82) is 5.26 Å². The summed E-state index contributed by atoms with van der Waals surface area (Å²) in [6.45, 7) is 1.13. The van der Waals surface area contributed by atoms with Crippen molar-refractivity contribution in [2.75, 3.05) is 6.54 Å². The number of hydrogen-bond acceptors (Lipinski definition) is 2. The Morgan fingerprint density at radius 2 is 2.17 bits per heavy atom. The van der Waals surface area contributed by atoms with Gasteiger partial charge >= 0.3 is 12.1 Å². The molecule has 0 aliphatic carbocycles. The first-order valence-corrected chi connectivity index (χ1v) is 3.12. The average molecular weight is 180 g/mol. The molecule has 12 heavy (non-hydrogen) atoms. The lowest BCUT2D eigenvalue weighted by Gasteiger charge is -2.07. The third kappa shape index (κ3) is 3.81. The van der Waals surface area contributed by atoms with Crippen LogP contribution in [0.3, 0.4) is 0 Å². The zero-order valence-electron chi connectivity index (χ0n) is 6.27. The molecule has 1 amide bonds. The lowest BCUT2D eigenvalue weighted by Crippen LogP contribution is -2.38. The Bertz CT molecular complexity index is 206. The minimum absolute atomic E-state index is 0.283. The van der Waals surface area contributed by atoms with E-state index in [1.807, 2.05) is 0 Å². The van der Waals surface area contributed by atoms with Gasteiger partial charge in [0.05, 0.1) is 12.0 Å². The van der Waals surface area contributed by atoms with Gasteiger partial charge < -0.3 is 5.32 Å². The fraction of sp³-hybridized carbons (Fsp3) is 0.667. The third-order valence-electron chi connectivity index (χ3n) is 1.05. The quantitative estimate of drug-likeness (QED) is 0.684. The van der Waals surface area contributed by atoms with Crippen LogP contribution in [0.1, 0.15) is 6.92 Å². The largest absolute Gasteiger partial charge is 0.471 e. The maximum atomic E-state index is 11.5. The summed E-state index contributed by atoms with van der Waals surface area (Å²) in [6.07, 6.45) is -4.87. The number of nitrogens with one attached hydrogen (secondary N) is 1. The van der Waals surface area contributed by atoms with Crippen LogP contribution in [0.5, 0.6) is 0 Å². The molecule has 1 unspecified atom stereocenters. The van der Waals surface area contributed by atoms with Crippen LogP contribution in [0, 0.1) is 17.2 Å². The molecule has 0 saturated heterocycles. The van der Waals surface area contributed by atoms with E-state index in [9.17, 15) is 18.0 Å². The number of carbonyl (C=O) groups excluding carboxylic acids is 1. The second-order valence-corrected chi connectivity index (χ2v) is 2.24. The summed E-state index contributed by atoms with van der Waals surface area (Å²) in [4.78, 5) is 10.1. The molecule has 1 N–H and O–H groups in total. The zero-order valence-corrected chi connectivity index (χ0v) is 6.27. The van der Waals surface area contributed by atoms with E-state index in [4.69, 9.17) is 5.26 Å². The Kier molecular flexibility index (Phi) is 3.54. The van der Waals surface area contributed by atoms with Gasteiger partial charge in [0.15, 0.2) is 0 Å². The first-order valence-electron chi connectivity index (χ1n) is 3.12. The molecular formula is C6H7F3N2O. The van der Waals surface area contributed by atoms with Crippen molar-refractivity contribution in [1.82, 2.24) is 5.32 Å². The molecule has 0 spiro atoms. The summed E-state index contributed by atoms with van der Waals surface area (Å²) in [5.41, 5.74) is 0. The summed E-state index contributed by atoms with van der Waals surface area (Å²) in [7, 11) is 0. The van der Waals surface area contributed by atoms with E-state index in [1.165, 1.54) is 6.92 Å². The molecule has 0 bridgehead atoms. The minimum Gasteiger partial charge on any atom is -0.347 e. The van der Waals surface area contributed by atoms with Gasteiger partial charge in [-0.05, 0) is 6.92 Å². The monoisotopic (exact) mass is 180 g/mol. The molecule has 0 heterocycles. The van der Waals surface area contributed by atoms with Crippen LogP contribution < -0.4 is 5.32 Å². The van der Waals surface area contributed by atoms with Crippen molar-refractivity contribution in [2.24, 2.45) is 5.92 Å². The second kappa shape index (κ2) is 3.95. The molecule has 0 aromatic heterocycles. The lowest BCUT2D eigenvalue weighted by molar-refractivity contribution is -0.173. The normalized spacial score (nSPS) is 13.2. The molecule has 0 aliphatic rings. The standard InChI is InChI=1S/C6H7F3N2O/c1-4(2-10)3-11-5(12)6(7,8)9/h4H,3H2,1H3,(H,11,12). The highest BCUT2D eigenvalue weighted by Crippen LogP contribution is 2.13. The summed E-state index contributed by atoms with van der Waals surface area (Å²) in [5, 5.41) is 9.75. The molecule has 3 nitrogen and oxygen atoms in total. The Balaban J connectivity index is 3.82. The second-order valence-electron chi connectivity index (χ2n) is 2.24. The fourth-order valence-corrected chi connectivity index (χ4v) is 0.392. The van der Waals surface area contributed by atoms with Crippen molar-refractivity contribution in [2.45, 2.75) is 13.1 Å². The summed E-state index contributed by atoms with van der Waals surface area (Å²) >= 11 is 0. The third-order valence-corrected chi connectivity index (χ3v) is 1.05. The van der Waals surface area contributed by atoms with Gasteiger partial charge in [-0.2, -0.15) is 18.4 Å². The first kappa shape index (κ1) is 10.8. The van der Waals surface area contributed by atoms with Gasteiger partial charge in [-0.15, -0.1) is 0 Å². The summed E-state index contributed by atoms with van der Waals surface area (Å²) < 4.78 is 34.5. The molecular weight excluding hydrogens is 173 g/mol. The Morgan fingerprint density at radius 3 is 2.50 bits per heavy atom. The van der Waals surface area contributed by atoms with Gasteiger partial charge in [0.2, 0.25) is 0 Å². The molecule has 0 fully saturated rings. The van der Waals surface area contributed by atoms with E-state index in [2.05, 4.69) is 0 Å². The van der Waals surface area contributed by atoms with Crippen LogP contribution in [-0.4, -0.2) is 18.6 Å². The van der Waals surface area contributed by atoms with Crippen LogP contribution in [0.15, 0.2) is 0 Å². The van der Waals surface area contributed by atoms with Gasteiger partial charge in [0.1, 0.15) is 0 Å². The van der Waals surface area contributed by atoms with Crippen LogP contribution in [0.2, 0.25) is 0 Å². The predicted octanol–water partition coefficient (Wildman–Crippen LogP) is 0.825. The highest BCUT2D eigenvalue weighted by molar-refractivity contribution is 5.81. The molecule has 0 aromatic carbocycles. The van der Waals surface area contributed by atoms with Crippen molar-refractivity contribution >= 4 is 5.91 Å². The smallest absolute Gasteiger partial charge is 0.347 e. The average Bonchev–Trinajstić information content (AvgIpc) is 1.97. The Labute approximate surface area is 67.2 Å². The van der Waals surface area contributed by atoms with Gasteiger partial charge in [-0.1, -0.05) is 0 Å². The summed E-state index contributed by atoms with van der Waals surface area (Å²) in [5.74, 6) is -2.62. The number of rotatable bonds is 2. The number of halogens is 3. The Morgan fingerprint density at radius 1 is 1.67 bits per heavy atom. The molecule has 0 aromatic rings. The van der Waals surface area contributed by atoms with Gasteiger partial charge in [0, 0.05) is 6.54 Å². The predicted molar refractivity (Wildman–Crippen MR) is 33.8 cm³/mol. The maximum Gasteiger partial charge on any atom is 0.471 e. The zero-order chi connectivity index (χ0) is 9.78. The van der Waals surface area contributed by atoms with E-state index in [1.54, 1.807) is 11.4 Å². The highest BCUT2D eigenvalue weighted by atomic mass is 19.4. The van der Waals surface area contributed by atoms with E-state index < -0.39 is 18.0 Å². The lowest BCUT2D eigenvalue weighted by atomic mass is 10.2. The minimum atomic E-state index is -4.87. The van der Waals surface area contributed by atoms with Crippen molar-refractivity contribution in [3.8, 4) is 6.07 Å². The highest BCUT2D eigenvalue weighted by Gasteiger charge is 2.38. The topological polar surface area (TPSA) is 52.9 Å². The SMILES string of the molecule is CC(C#N)CNC(=O)C(F)(F)F. The molecule has 0 radical (unpaired) electrons. The number of nitriles is 1. The first-order chi connectivity index (χ1) is 5.38. The number of carbonyl (C=O) groups is 1. The number of nitrogens with zero attached hydrogens (tertiary/aromatic N) is 1. The molecule has 0 saturated carbocycles. The van der Waals surface area contributed by atoms with Gasteiger partial charge in [0.25, 0.3) is 0 Å². The molecule has 1 atom stereocenters. The molecule has 68 valence electrons. The van der Waals surface area contributed by atoms with Crippen LogP contribution >= 0.6 is 0 Å². The number of amides is 1. The van der Waals surface area contributed by atoms with E-state index in [0.29, 0.717) is 0 Å². The Hall–Kier alpha value is -1.25. The molecule has 0 rings (SSSR count). The number of alkyl halides is 3. The maximum absolute atomic E-state index is 11.5. The van der Waals surface area contributed by atoms with Gasteiger partial charge in [-0.25, -0.2) is 0 Å². The van der Waals surface area contributed by atoms with E-state index >= 15 is 0 Å². The summed E-state index contributed by atoms with van der Waals surface area (Å²) in [6, 6.07) is 1.69. The fourth-order valence-electron chi connectivity index (χ4n) is 0.392. The van der Waals surface area contributed by atoms with Crippen LogP contribution in [-0.2, 0) is 4.79 Å². The van der Waals surface area contributed by atoms with Crippen LogP contribution in [0.25, 0.3) is 0 Å². The van der Waals surface area contributed by atoms with Crippen LogP contribution in [0.4, 0.5) is 13.2 Å². The number of hydrogen-bond donors (Lipinski definition) is 1. The molecule has 0 aliphatic heterocycles. The van der Waals surface area contributed by atoms with Crippen molar-refractivity contribution < 1.29 is 18.0 Å². The van der Waals surface area contributed by atoms with Gasteiger partial charge in [-0.3, -0.25) is 4.79 Å². The molecule has 6 heteroatoms. The van der Waals surface area contributed by atoms with Crippen molar-refractivity contribution in [3.05, 3.63) is 0 Å². The van der Waals surface area contributed by atoms with E-state index in [-0.39, 0.29) is 6.54 Å².